The molecule has 2 saturated heterocycles. The normalized spacial score (nSPS) is 24.8. The van der Waals surface area contributed by atoms with E-state index in [9.17, 15) is 22.8 Å². The number of anilines is 1. The lowest BCUT2D eigenvalue weighted by Crippen LogP contribution is -2.59. The zero-order valence-electron chi connectivity index (χ0n) is 18.9. The number of aromatic nitrogens is 3. The maximum atomic E-state index is 13.5. The molecule has 2 aromatic heterocycles. The van der Waals surface area contributed by atoms with E-state index in [0.717, 1.165) is 43.8 Å². The van der Waals surface area contributed by atoms with E-state index in [1.165, 1.54) is 0 Å². The topological polar surface area (TPSA) is 97.5 Å². The molecular weight excluding hydrogens is 451 g/mol. The average molecular weight is 477 g/mol. The van der Waals surface area contributed by atoms with Crippen LogP contribution in [0.25, 0.3) is 0 Å². The van der Waals surface area contributed by atoms with Gasteiger partial charge in [-0.25, -0.2) is 4.79 Å². The fourth-order valence-corrected chi connectivity index (χ4v) is 5.17. The van der Waals surface area contributed by atoms with E-state index < -0.39 is 17.6 Å². The molecule has 2 fully saturated rings. The summed E-state index contributed by atoms with van der Waals surface area (Å²) < 4.78 is 38.2. The largest absolute Gasteiger partial charge is 0.417 e. The molecular formula is C22H26F3N7O2. The Bertz CT molecular complexity index is 1100. The number of fused-ring (bicyclic) bond motifs is 2. The number of carbonyl (C=O) groups excluding carboxylic acids is 2. The monoisotopic (exact) mass is 477 g/mol. The Morgan fingerprint density at radius 2 is 1.97 bits per heavy atom. The molecule has 3 aliphatic heterocycles. The first-order valence-electron chi connectivity index (χ1n) is 11.4. The fourth-order valence-electron chi connectivity index (χ4n) is 5.17. The molecule has 34 heavy (non-hydrogen) atoms. The van der Waals surface area contributed by atoms with Gasteiger partial charge in [-0.2, -0.15) is 18.3 Å². The minimum atomic E-state index is -4.53. The number of halogens is 3. The third-order valence-electron chi connectivity index (χ3n) is 7.10. The molecule has 3 aliphatic rings. The number of pyridine rings is 1. The summed E-state index contributed by atoms with van der Waals surface area (Å²) in [5.74, 6) is -0.427. The molecule has 0 spiro atoms. The number of aromatic amines is 1. The highest BCUT2D eigenvalue weighted by Crippen LogP contribution is 2.37. The van der Waals surface area contributed by atoms with Crippen LogP contribution in [-0.4, -0.2) is 73.5 Å². The van der Waals surface area contributed by atoms with Crippen molar-refractivity contribution in [3.63, 3.8) is 0 Å². The van der Waals surface area contributed by atoms with Gasteiger partial charge < -0.3 is 15.1 Å². The van der Waals surface area contributed by atoms with Gasteiger partial charge in [0.2, 0.25) is 0 Å². The number of carbonyl (C=O) groups is 2. The van der Waals surface area contributed by atoms with Crippen LogP contribution in [0.3, 0.4) is 0 Å². The average Bonchev–Trinajstić information content (AvgIpc) is 3.49. The molecule has 0 saturated carbocycles. The number of piperazine rings is 1. The predicted molar refractivity (Wildman–Crippen MR) is 116 cm³/mol. The summed E-state index contributed by atoms with van der Waals surface area (Å²) >= 11 is 0. The van der Waals surface area contributed by atoms with E-state index in [1.807, 2.05) is 11.8 Å². The van der Waals surface area contributed by atoms with Gasteiger partial charge in [-0.1, -0.05) is 0 Å². The summed E-state index contributed by atoms with van der Waals surface area (Å²) in [6, 6.07) is 2.05. The maximum absolute atomic E-state index is 13.5. The maximum Gasteiger partial charge on any atom is 0.417 e. The van der Waals surface area contributed by atoms with Crippen LogP contribution in [0.1, 0.15) is 60.0 Å². The molecule has 0 bridgehead atoms. The van der Waals surface area contributed by atoms with Crippen molar-refractivity contribution in [3.8, 4) is 0 Å². The quantitative estimate of drug-likeness (QED) is 0.692. The van der Waals surface area contributed by atoms with Crippen LogP contribution in [0.4, 0.5) is 23.8 Å². The number of hydrogen-bond acceptors (Lipinski definition) is 5. The number of amides is 3. The Hall–Kier alpha value is -3.15. The predicted octanol–water partition coefficient (Wildman–Crippen LogP) is 3.24. The number of hydrogen-bond donors (Lipinski definition) is 2. The minimum absolute atomic E-state index is 0.0437. The second-order valence-electron chi connectivity index (χ2n) is 9.23. The fraction of sp³-hybridized carbons (Fsp3) is 0.545. The molecule has 0 radical (unpaired) electrons. The van der Waals surface area contributed by atoms with Gasteiger partial charge in [-0.3, -0.25) is 19.8 Å². The van der Waals surface area contributed by atoms with Crippen molar-refractivity contribution in [1.82, 2.24) is 29.9 Å². The van der Waals surface area contributed by atoms with Gasteiger partial charge in [0.15, 0.2) is 5.82 Å². The third-order valence-corrected chi connectivity index (χ3v) is 7.10. The second kappa shape index (κ2) is 8.26. The van der Waals surface area contributed by atoms with Crippen LogP contribution in [-0.2, 0) is 12.7 Å². The highest BCUT2D eigenvalue weighted by molar-refractivity contribution is 6.02. The van der Waals surface area contributed by atoms with Gasteiger partial charge in [0.1, 0.15) is 5.69 Å². The van der Waals surface area contributed by atoms with Gasteiger partial charge in [-0.05, 0) is 45.4 Å². The van der Waals surface area contributed by atoms with Crippen LogP contribution in [0.15, 0.2) is 18.3 Å². The van der Waals surface area contributed by atoms with Crippen molar-refractivity contribution in [1.29, 1.82) is 0 Å². The van der Waals surface area contributed by atoms with E-state index in [4.69, 9.17) is 0 Å². The van der Waals surface area contributed by atoms with E-state index in [-0.39, 0.29) is 36.2 Å². The van der Waals surface area contributed by atoms with Crippen molar-refractivity contribution in [2.45, 2.75) is 57.5 Å². The molecule has 0 aromatic carbocycles. The van der Waals surface area contributed by atoms with Gasteiger partial charge in [-0.15, -0.1) is 0 Å². The summed E-state index contributed by atoms with van der Waals surface area (Å²) in [6.45, 7) is 6.91. The van der Waals surface area contributed by atoms with Gasteiger partial charge in [0.25, 0.3) is 5.91 Å². The summed E-state index contributed by atoms with van der Waals surface area (Å²) in [5.41, 5.74) is 0.330. The molecule has 3 atom stereocenters. The lowest BCUT2D eigenvalue weighted by Gasteiger charge is -2.44. The second-order valence-corrected chi connectivity index (χ2v) is 9.23. The molecule has 2 aromatic rings. The van der Waals surface area contributed by atoms with Crippen LogP contribution in [0.5, 0.6) is 0 Å². The van der Waals surface area contributed by atoms with E-state index >= 15 is 0 Å². The van der Waals surface area contributed by atoms with Crippen molar-refractivity contribution < 1.29 is 22.8 Å². The number of H-pyrrole nitrogens is 1. The lowest BCUT2D eigenvalue weighted by atomic mass is 10.1. The summed E-state index contributed by atoms with van der Waals surface area (Å²) in [6.07, 6.45) is -1.65. The Labute approximate surface area is 194 Å². The van der Waals surface area contributed by atoms with Crippen LogP contribution in [0, 0.1) is 0 Å². The highest BCUT2D eigenvalue weighted by Gasteiger charge is 2.42. The molecule has 3 amide bonds. The molecule has 2 N–H and O–H groups in total. The molecule has 12 heteroatoms. The van der Waals surface area contributed by atoms with Crippen molar-refractivity contribution in [2.24, 2.45) is 0 Å². The SMILES string of the molecule is CC1c2[nH]nc(NC(=O)c3ccc(C(F)(F)F)cn3)c2CN1C(=O)N1CC2CCCN2C[C@@H]1C. The molecule has 0 aliphatic carbocycles. The summed E-state index contributed by atoms with van der Waals surface area (Å²) in [4.78, 5) is 35.8. The van der Waals surface area contributed by atoms with Crippen molar-refractivity contribution in [3.05, 3.63) is 40.8 Å². The Balaban J connectivity index is 1.28. The molecule has 5 heterocycles. The standard InChI is InChI=1S/C22H26F3N7O2/c1-12-9-30-7-3-4-15(30)10-31(12)21(34)32-11-16-18(13(32)2)28-29-19(16)27-20(33)17-6-5-14(8-26-17)22(23,24)25/h5-6,8,12-13,15H,3-4,7,9-11H2,1-2H3,(H2,27,28,29,33)/t12-,13?,15?/m0/s1. The zero-order chi connectivity index (χ0) is 24.2. The molecule has 9 nitrogen and oxygen atoms in total. The van der Waals surface area contributed by atoms with E-state index in [1.54, 1.807) is 4.90 Å². The third kappa shape index (κ3) is 3.89. The number of urea groups is 1. The van der Waals surface area contributed by atoms with Crippen molar-refractivity contribution in [2.75, 3.05) is 25.0 Å². The van der Waals surface area contributed by atoms with Gasteiger partial charge >= 0.3 is 12.2 Å². The van der Waals surface area contributed by atoms with Gasteiger partial charge in [0, 0.05) is 36.9 Å². The Morgan fingerprint density at radius 3 is 2.68 bits per heavy atom. The lowest BCUT2D eigenvalue weighted by molar-refractivity contribution is -0.137. The number of rotatable bonds is 2. The Kier molecular flexibility index (Phi) is 5.50. The van der Waals surface area contributed by atoms with Crippen LogP contribution >= 0.6 is 0 Å². The Morgan fingerprint density at radius 1 is 1.18 bits per heavy atom. The molecule has 182 valence electrons. The number of nitrogens with one attached hydrogen (secondary N) is 2. The minimum Gasteiger partial charge on any atom is -0.319 e. The molecule has 2 unspecified atom stereocenters. The number of alkyl halides is 3. The van der Waals surface area contributed by atoms with E-state index in [2.05, 4.69) is 32.3 Å². The zero-order valence-corrected chi connectivity index (χ0v) is 18.9. The highest BCUT2D eigenvalue weighted by atomic mass is 19.4. The first-order valence-corrected chi connectivity index (χ1v) is 11.4. The molecule has 5 rings (SSSR count). The van der Waals surface area contributed by atoms with Crippen LogP contribution < -0.4 is 5.32 Å². The summed E-state index contributed by atoms with van der Waals surface area (Å²) in [7, 11) is 0. The number of nitrogens with zero attached hydrogens (tertiary/aromatic N) is 5. The first-order chi connectivity index (χ1) is 16.1. The smallest absolute Gasteiger partial charge is 0.319 e. The van der Waals surface area contributed by atoms with Crippen LogP contribution in [0.2, 0.25) is 0 Å². The van der Waals surface area contributed by atoms with Crippen molar-refractivity contribution >= 4 is 17.8 Å². The van der Waals surface area contributed by atoms with Gasteiger partial charge in [0.05, 0.1) is 23.8 Å². The first kappa shape index (κ1) is 22.6. The van der Waals surface area contributed by atoms with E-state index in [0.29, 0.717) is 24.3 Å². The summed E-state index contributed by atoms with van der Waals surface area (Å²) in [5, 5.41) is 9.67.